The van der Waals surface area contributed by atoms with Gasteiger partial charge in [0.25, 0.3) is 0 Å². The lowest BCUT2D eigenvalue weighted by atomic mass is 9.89. The Morgan fingerprint density at radius 2 is 2.24 bits per heavy atom. The Labute approximate surface area is 105 Å². The SMILES string of the molecule is COC1CC(Nc2nc3ccc(C)cc3s2)C1. The van der Waals surface area contributed by atoms with Crippen molar-refractivity contribution < 1.29 is 4.74 Å². The molecule has 1 aliphatic rings. The number of hydrogen-bond donors (Lipinski definition) is 1. The molecule has 0 bridgehead atoms. The number of anilines is 1. The van der Waals surface area contributed by atoms with E-state index in [4.69, 9.17) is 4.74 Å². The van der Waals surface area contributed by atoms with E-state index in [-0.39, 0.29) is 0 Å². The van der Waals surface area contributed by atoms with Crippen molar-refractivity contribution in [3.8, 4) is 0 Å². The Hall–Kier alpha value is -1.13. The van der Waals surface area contributed by atoms with Crippen molar-refractivity contribution in [3.05, 3.63) is 23.8 Å². The maximum absolute atomic E-state index is 5.27. The van der Waals surface area contributed by atoms with Crippen LogP contribution in [0.2, 0.25) is 0 Å². The summed E-state index contributed by atoms with van der Waals surface area (Å²) in [6.07, 6.45) is 2.61. The topological polar surface area (TPSA) is 34.1 Å². The van der Waals surface area contributed by atoms with Crippen LogP contribution in [0.3, 0.4) is 0 Å². The van der Waals surface area contributed by atoms with Gasteiger partial charge >= 0.3 is 0 Å². The fourth-order valence-electron chi connectivity index (χ4n) is 2.14. The number of thiazole rings is 1. The number of ether oxygens (including phenoxy) is 1. The van der Waals surface area contributed by atoms with E-state index >= 15 is 0 Å². The molecule has 1 N–H and O–H groups in total. The summed E-state index contributed by atoms with van der Waals surface area (Å²) in [5, 5.41) is 4.51. The molecule has 3 nitrogen and oxygen atoms in total. The summed E-state index contributed by atoms with van der Waals surface area (Å²) in [4.78, 5) is 4.59. The second kappa shape index (κ2) is 4.27. The standard InChI is InChI=1S/C13H16N2OS/c1-8-3-4-11-12(5-8)17-13(15-11)14-9-6-10(7-9)16-2/h3-5,9-10H,6-7H2,1-2H3,(H,14,15). The summed E-state index contributed by atoms with van der Waals surface area (Å²) >= 11 is 1.73. The minimum Gasteiger partial charge on any atom is -0.381 e. The van der Waals surface area contributed by atoms with Crippen molar-refractivity contribution in [3.63, 3.8) is 0 Å². The number of rotatable bonds is 3. The van der Waals surface area contributed by atoms with Crippen molar-refractivity contribution in [2.24, 2.45) is 0 Å². The first-order valence-corrected chi connectivity index (χ1v) is 6.73. The molecule has 1 aliphatic carbocycles. The summed E-state index contributed by atoms with van der Waals surface area (Å²) in [6.45, 7) is 2.11. The molecule has 3 rings (SSSR count). The van der Waals surface area contributed by atoms with Crippen LogP contribution in [0.15, 0.2) is 18.2 Å². The molecule has 1 aromatic heterocycles. The molecule has 0 atom stereocenters. The quantitative estimate of drug-likeness (QED) is 0.905. The minimum atomic E-state index is 0.434. The van der Waals surface area contributed by atoms with Crippen LogP contribution in [0.4, 0.5) is 5.13 Å². The lowest BCUT2D eigenvalue weighted by Crippen LogP contribution is -2.40. The smallest absolute Gasteiger partial charge is 0.184 e. The van der Waals surface area contributed by atoms with Gasteiger partial charge in [-0.2, -0.15) is 0 Å². The monoisotopic (exact) mass is 248 g/mol. The van der Waals surface area contributed by atoms with E-state index in [1.165, 1.54) is 10.3 Å². The first-order chi connectivity index (χ1) is 8.24. The number of nitrogens with zero attached hydrogens (tertiary/aromatic N) is 1. The highest BCUT2D eigenvalue weighted by Gasteiger charge is 2.29. The van der Waals surface area contributed by atoms with Gasteiger partial charge in [-0.05, 0) is 37.5 Å². The molecule has 1 heterocycles. The van der Waals surface area contributed by atoms with Gasteiger partial charge in [0.1, 0.15) is 0 Å². The maximum Gasteiger partial charge on any atom is 0.184 e. The molecule has 0 spiro atoms. The third-order valence-electron chi connectivity index (χ3n) is 3.30. The highest BCUT2D eigenvalue weighted by atomic mass is 32.1. The van der Waals surface area contributed by atoms with Gasteiger partial charge < -0.3 is 10.1 Å². The fraction of sp³-hybridized carbons (Fsp3) is 0.462. The molecule has 0 unspecified atom stereocenters. The minimum absolute atomic E-state index is 0.434. The van der Waals surface area contributed by atoms with Crippen LogP contribution in [-0.2, 0) is 4.74 Å². The van der Waals surface area contributed by atoms with Crippen molar-refractivity contribution in [2.45, 2.75) is 31.9 Å². The third kappa shape index (κ3) is 2.15. The number of aromatic nitrogens is 1. The van der Waals surface area contributed by atoms with E-state index < -0.39 is 0 Å². The zero-order valence-electron chi connectivity index (χ0n) is 10.1. The van der Waals surface area contributed by atoms with E-state index in [0.29, 0.717) is 12.1 Å². The zero-order valence-corrected chi connectivity index (χ0v) is 10.9. The van der Waals surface area contributed by atoms with E-state index in [1.54, 1.807) is 18.4 Å². The van der Waals surface area contributed by atoms with Gasteiger partial charge in [0.15, 0.2) is 5.13 Å². The molecule has 0 amide bonds. The second-order valence-electron chi connectivity index (χ2n) is 4.66. The first-order valence-electron chi connectivity index (χ1n) is 5.91. The van der Waals surface area contributed by atoms with Gasteiger partial charge in [0, 0.05) is 13.2 Å². The van der Waals surface area contributed by atoms with Gasteiger partial charge in [-0.15, -0.1) is 0 Å². The van der Waals surface area contributed by atoms with Crippen LogP contribution in [-0.4, -0.2) is 24.2 Å². The van der Waals surface area contributed by atoms with Gasteiger partial charge in [-0.3, -0.25) is 0 Å². The Morgan fingerprint density at radius 1 is 1.41 bits per heavy atom. The van der Waals surface area contributed by atoms with Crippen LogP contribution >= 0.6 is 11.3 Å². The lowest BCUT2D eigenvalue weighted by molar-refractivity contribution is 0.0329. The molecule has 1 aromatic carbocycles. The molecule has 0 aliphatic heterocycles. The molecule has 17 heavy (non-hydrogen) atoms. The molecule has 2 aromatic rings. The van der Waals surface area contributed by atoms with Crippen molar-refractivity contribution in [1.29, 1.82) is 0 Å². The van der Waals surface area contributed by atoms with Gasteiger partial charge in [-0.25, -0.2) is 4.98 Å². The summed E-state index contributed by atoms with van der Waals surface area (Å²) < 4.78 is 6.53. The highest BCUT2D eigenvalue weighted by Crippen LogP contribution is 2.31. The number of benzene rings is 1. The Kier molecular flexibility index (Phi) is 2.76. The lowest BCUT2D eigenvalue weighted by Gasteiger charge is -2.34. The van der Waals surface area contributed by atoms with Crippen LogP contribution in [0.25, 0.3) is 10.2 Å². The molecule has 90 valence electrons. The van der Waals surface area contributed by atoms with Gasteiger partial charge in [0.05, 0.1) is 16.3 Å². The molecular weight excluding hydrogens is 232 g/mol. The molecule has 1 fully saturated rings. The number of hydrogen-bond acceptors (Lipinski definition) is 4. The summed E-state index contributed by atoms with van der Waals surface area (Å²) in [5.74, 6) is 0. The van der Waals surface area contributed by atoms with E-state index in [0.717, 1.165) is 23.5 Å². The fourth-order valence-corrected chi connectivity index (χ4v) is 3.19. The van der Waals surface area contributed by atoms with E-state index in [1.807, 2.05) is 0 Å². The predicted molar refractivity (Wildman–Crippen MR) is 71.8 cm³/mol. The van der Waals surface area contributed by atoms with Crippen LogP contribution in [0, 0.1) is 6.92 Å². The molecular formula is C13H16N2OS. The molecule has 0 saturated heterocycles. The predicted octanol–water partition coefficient (Wildman–Crippen LogP) is 3.19. The van der Waals surface area contributed by atoms with Crippen LogP contribution < -0.4 is 5.32 Å². The van der Waals surface area contributed by atoms with Crippen molar-refractivity contribution in [2.75, 3.05) is 12.4 Å². The average Bonchev–Trinajstić information content (AvgIpc) is 2.64. The first kappa shape index (κ1) is 11.0. The summed E-state index contributed by atoms with van der Waals surface area (Å²) in [5.41, 5.74) is 2.38. The van der Waals surface area contributed by atoms with E-state index in [9.17, 15) is 0 Å². The van der Waals surface area contributed by atoms with Crippen LogP contribution in [0.1, 0.15) is 18.4 Å². The summed E-state index contributed by atoms with van der Waals surface area (Å²) in [6, 6.07) is 6.92. The normalized spacial score (nSPS) is 23.6. The Balaban J connectivity index is 1.73. The second-order valence-corrected chi connectivity index (χ2v) is 5.69. The van der Waals surface area contributed by atoms with Crippen LogP contribution in [0.5, 0.6) is 0 Å². The molecule has 1 saturated carbocycles. The number of fused-ring (bicyclic) bond motifs is 1. The number of methoxy groups -OCH3 is 1. The molecule has 0 radical (unpaired) electrons. The van der Waals surface area contributed by atoms with Gasteiger partial charge in [-0.1, -0.05) is 17.4 Å². The third-order valence-corrected chi connectivity index (χ3v) is 4.25. The Morgan fingerprint density at radius 3 is 3.00 bits per heavy atom. The Bertz CT molecular complexity index is 531. The summed E-state index contributed by atoms with van der Waals surface area (Å²) in [7, 11) is 1.78. The number of nitrogens with one attached hydrogen (secondary N) is 1. The van der Waals surface area contributed by atoms with Crippen molar-refractivity contribution >= 4 is 26.7 Å². The maximum atomic E-state index is 5.27. The van der Waals surface area contributed by atoms with E-state index in [2.05, 4.69) is 35.4 Å². The van der Waals surface area contributed by atoms with Gasteiger partial charge in [0.2, 0.25) is 0 Å². The average molecular weight is 248 g/mol. The van der Waals surface area contributed by atoms with Crippen molar-refractivity contribution in [1.82, 2.24) is 4.98 Å². The largest absolute Gasteiger partial charge is 0.381 e. The zero-order chi connectivity index (χ0) is 11.8. The molecule has 4 heteroatoms. The highest BCUT2D eigenvalue weighted by molar-refractivity contribution is 7.22. The number of aryl methyl sites for hydroxylation is 1.